The maximum Gasteiger partial charge on any atom is 0.0674 e. The van der Waals surface area contributed by atoms with Crippen molar-refractivity contribution in [2.45, 2.75) is 39.1 Å². The average Bonchev–Trinajstić information content (AvgIpc) is 2.67. The van der Waals surface area contributed by atoms with Gasteiger partial charge in [0.25, 0.3) is 0 Å². The quantitative estimate of drug-likeness (QED) is 0.559. The summed E-state index contributed by atoms with van der Waals surface area (Å²) in [5.41, 5.74) is 0. The SMILES string of the molecule is CC1CN(CCN(CCN2CCOC(C)C2)CCN2CCOC(C)C2)CCO1. The summed E-state index contributed by atoms with van der Waals surface area (Å²) in [4.78, 5) is 10.4. The standard InChI is InChI=1S/C21H42N4O3/c1-19-16-23(10-13-26-19)7-4-22(5-8-24-11-14-27-20(2)17-24)6-9-25-12-15-28-21(3)18-25/h19-21H,4-18H2,1-3H3. The molecule has 3 heterocycles. The molecule has 0 N–H and O–H groups in total. The molecule has 3 fully saturated rings. The van der Waals surface area contributed by atoms with Crippen molar-refractivity contribution in [2.24, 2.45) is 0 Å². The molecule has 164 valence electrons. The van der Waals surface area contributed by atoms with Crippen LogP contribution in [0.5, 0.6) is 0 Å². The molecular formula is C21H42N4O3. The van der Waals surface area contributed by atoms with E-state index in [2.05, 4.69) is 40.4 Å². The van der Waals surface area contributed by atoms with Crippen LogP contribution in [0, 0.1) is 0 Å². The summed E-state index contributed by atoms with van der Waals surface area (Å²) in [6.07, 6.45) is 1.10. The molecule has 0 radical (unpaired) electrons. The van der Waals surface area contributed by atoms with Crippen molar-refractivity contribution < 1.29 is 14.2 Å². The molecule has 7 heteroatoms. The normalized spacial score (nSPS) is 31.5. The Kier molecular flexibility index (Phi) is 9.43. The first-order valence-corrected chi connectivity index (χ1v) is 11.3. The van der Waals surface area contributed by atoms with E-state index in [9.17, 15) is 0 Å². The van der Waals surface area contributed by atoms with Crippen molar-refractivity contribution in [3.05, 3.63) is 0 Å². The van der Waals surface area contributed by atoms with E-state index in [1.807, 2.05) is 0 Å². The lowest BCUT2D eigenvalue weighted by molar-refractivity contribution is -0.0300. The van der Waals surface area contributed by atoms with E-state index in [1.165, 1.54) is 0 Å². The van der Waals surface area contributed by atoms with Gasteiger partial charge in [-0.05, 0) is 20.8 Å². The molecular weight excluding hydrogens is 356 g/mol. The van der Waals surface area contributed by atoms with E-state index in [-0.39, 0.29) is 0 Å². The highest BCUT2D eigenvalue weighted by molar-refractivity contribution is 4.75. The second kappa shape index (κ2) is 11.8. The predicted molar refractivity (Wildman–Crippen MR) is 112 cm³/mol. The number of ether oxygens (including phenoxy) is 3. The lowest BCUT2D eigenvalue weighted by atomic mass is 10.2. The zero-order valence-corrected chi connectivity index (χ0v) is 18.4. The van der Waals surface area contributed by atoms with Crippen molar-refractivity contribution in [3.8, 4) is 0 Å². The van der Waals surface area contributed by atoms with Gasteiger partial charge in [-0.1, -0.05) is 0 Å². The fourth-order valence-electron chi connectivity index (χ4n) is 4.46. The van der Waals surface area contributed by atoms with Crippen LogP contribution < -0.4 is 0 Å². The van der Waals surface area contributed by atoms with Gasteiger partial charge in [0, 0.05) is 78.5 Å². The highest BCUT2D eigenvalue weighted by Crippen LogP contribution is 2.08. The molecule has 3 aliphatic heterocycles. The van der Waals surface area contributed by atoms with Crippen molar-refractivity contribution in [2.75, 3.05) is 98.4 Å². The molecule has 0 aromatic carbocycles. The second-order valence-corrected chi connectivity index (χ2v) is 8.79. The zero-order chi connectivity index (χ0) is 19.8. The molecule has 3 aliphatic rings. The number of rotatable bonds is 9. The van der Waals surface area contributed by atoms with Crippen LogP contribution in [0.1, 0.15) is 20.8 Å². The third-order valence-electron chi connectivity index (χ3n) is 6.17. The average molecular weight is 399 g/mol. The van der Waals surface area contributed by atoms with Gasteiger partial charge in [-0.25, -0.2) is 0 Å². The van der Waals surface area contributed by atoms with Crippen LogP contribution in [0.2, 0.25) is 0 Å². The van der Waals surface area contributed by atoms with Gasteiger partial charge in [0.1, 0.15) is 0 Å². The minimum Gasteiger partial charge on any atom is -0.376 e. The van der Waals surface area contributed by atoms with E-state index >= 15 is 0 Å². The van der Waals surface area contributed by atoms with E-state index in [0.717, 1.165) is 98.4 Å². The van der Waals surface area contributed by atoms with Gasteiger partial charge in [-0.15, -0.1) is 0 Å². The van der Waals surface area contributed by atoms with Crippen LogP contribution in [0.4, 0.5) is 0 Å². The lowest BCUT2D eigenvalue weighted by Crippen LogP contribution is -2.49. The Balaban J connectivity index is 1.44. The van der Waals surface area contributed by atoms with Crippen molar-refractivity contribution in [1.29, 1.82) is 0 Å². The highest BCUT2D eigenvalue weighted by Gasteiger charge is 2.21. The Morgan fingerprint density at radius 1 is 0.607 bits per heavy atom. The minimum absolute atomic E-state index is 0.367. The predicted octanol–water partition coefficient (Wildman–Crippen LogP) is 0.451. The number of morpholine rings is 3. The summed E-state index contributed by atoms with van der Waals surface area (Å²) in [6, 6.07) is 0. The number of hydrogen-bond donors (Lipinski definition) is 0. The van der Waals surface area contributed by atoms with E-state index < -0.39 is 0 Å². The first-order valence-electron chi connectivity index (χ1n) is 11.3. The van der Waals surface area contributed by atoms with Crippen LogP contribution in [0.3, 0.4) is 0 Å². The van der Waals surface area contributed by atoms with Gasteiger partial charge >= 0.3 is 0 Å². The summed E-state index contributed by atoms with van der Waals surface area (Å²) in [7, 11) is 0. The van der Waals surface area contributed by atoms with Crippen LogP contribution in [0.15, 0.2) is 0 Å². The largest absolute Gasteiger partial charge is 0.376 e. The van der Waals surface area contributed by atoms with Crippen LogP contribution in [-0.4, -0.2) is 136 Å². The molecule has 0 aromatic heterocycles. The van der Waals surface area contributed by atoms with E-state index in [0.29, 0.717) is 18.3 Å². The first-order chi connectivity index (χ1) is 13.6. The third kappa shape index (κ3) is 7.86. The molecule has 0 saturated carbocycles. The maximum absolute atomic E-state index is 5.70. The van der Waals surface area contributed by atoms with Gasteiger partial charge in [-0.2, -0.15) is 0 Å². The second-order valence-electron chi connectivity index (χ2n) is 8.79. The van der Waals surface area contributed by atoms with E-state index in [4.69, 9.17) is 14.2 Å². The maximum atomic E-state index is 5.70. The number of hydrogen-bond acceptors (Lipinski definition) is 7. The fourth-order valence-corrected chi connectivity index (χ4v) is 4.46. The molecule has 3 unspecified atom stereocenters. The molecule has 28 heavy (non-hydrogen) atoms. The molecule has 0 spiro atoms. The van der Waals surface area contributed by atoms with Gasteiger partial charge < -0.3 is 14.2 Å². The topological polar surface area (TPSA) is 40.7 Å². The summed E-state index contributed by atoms with van der Waals surface area (Å²) < 4.78 is 17.1. The minimum atomic E-state index is 0.367. The molecule has 0 amide bonds. The molecule has 3 atom stereocenters. The van der Waals surface area contributed by atoms with Gasteiger partial charge in [0.15, 0.2) is 0 Å². The lowest BCUT2D eigenvalue weighted by Gasteiger charge is -2.36. The van der Waals surface area contributed by atoms with E-state index in [1.54, 1.807) is 0 Å². The Morgan fingerprint density at radius 3 is 1.21 bits per heavy atom. The Labute approximate surface area is 171 Å². The fraction of sp³-hybridized carbons (Fsp3) is 1.00. The van der Waals surface area contributed by atoms with Crippen LogP contribution in [-0.2, 0) is 14.2 Å². The van der Waals surface area contributed by atoms with Crippen molar-refractivity contribution in [3.63, 3.8) is 0 Å². The summed E-state index contributed by atoms with van der Waals surface area (Å²) in [6.45, 7) is 22.4. The third-order valence-corrected chi connectivity index (χ3v) is 6.17. The summed E-state index contributed by atoms with van der Waals surface area (Å²) in [5, 5.41) is 0. The summed E-state index contributed by atoms with van der Waals surface area (Å²) >= 11 is 0. The Morgan fingerprint density at radius 2 is 0.929 bits per heavy atom. The van der Waals surface area contributed by atoms with Gasteiger partial charge in [-0.3, -0.25) is 19.6 Å². The Bertz CT molecular complexity index is 380. The molecule has 7 nitrogen and oxygen atoms in total. The zero-order valence-electron chi connectivity index (χ0n) is 18.4. The molecule has 0 bridgehead atoms. The highest BCUT2D eigenvalue weighted by atomic mass is 16.5. The smallest absolute Gasteiger partial charge is 0.0674 e. The van der Waals surface area contributed by atoms with Crippen LogP contribution >= 0.6 is 0 Å². The molecule has 0 aliphatic carbocycles. The van der Waals surface area contributed by atoms with Crippen LogP contribution in [0.25, 0.3) is 0 Å². The van der Waals surface area contributed by atoms with Gasteiger partial charge in [0.2, 0.25) is 0 Å². The Hall–Kier alpha value is -0.280. The summed E-state index contributed by atoms with van der Waals surface area (Å²) in [5.74, 6) is 0. The monoisotopic (exact) mass is 398 g/mol. The first kappa shape index (κ1) is 22.4. The van der Waals surface area contributed by atoms with Crippen molar-refractivity contribution in [1.82, 2.24) is 19.6 Å². The van der Waals surface area contributed by atoms with Gasteiger partial charge in [0.05, 0.1) is 38.1 Å². The van der Waals surface area contributed by atoms with Crippen molar-refractivity contribution >= 4 is 0 Å². The molecule has 0 aromatic rings. The number of nitrogens with zero attached hydrogens (tertiary/aromatic N) is 4. The molecule has 3 rings (SSSR count). The molecule has 3 saturated heterocycles.